The maximum absolute atomic E-state index is 12.4. The van der Waals surface area contributed by atoms with Gasteiger partial charge in [-0.25, -0.2) is 8.42 Å². The van der Waals surface area contributed by atoms with E-state index in [0.29, 0.717) is 23.8 Å². The fourth-order valence-electron chi connectivity index (χ4n) is 1.99. The van der Waals surface area contributed by atoms with Crippen molar-refractivity contribution in [2.45, 2.75) is 18.0 Å². The van der Waals surface area contributed by atoms with Gasteiger partial charge in [0, 0.05) is 13.1 Å². The average molecular weight is 264 g/mol. The van der Waals surface area contributed by atoms with Gasteiger partial charge in [-0.05, 0) is 12.1 Å². The lowest BCUT2D eigenvalue weighted by atomic mass is 10.4. The second-order valence-electron chi connectivity index (χ2n) is 4.09. The lowest BCUT2D eigenvalue weighted by Gasteiger charge is -2.26. The van der Waals surface area contributed by atoms with E-state index in [9.17, 15) is 8.42 Å². The second-order valence-corrected chi connectivity index (χ2v) is 6.03. The molecule has 0 bridgehead atoms. The molecule has 0 radical (unpaired) electrons. The van der Waals surface area contributed by atoms with Crippen LogP contribution in [-0.2, 0) is 23.1 Å². The largest absolute Gasteiger partial charge is 0.315 e. The Labute approximate surface area is 105 Å². The third-order valence-electron chi connectivity index (χ3n) is 2.98. The summed E-state index contributed by atoms with van der Waals surface area (Å²) >= 11 is 0. The molecule has 0 amide bonds. The first kappa shape index (κ1) is 11.4. The lowest BCUT2D eigenvalue weighted by molar-refractivity contribution is 0.335. The molecule has 1 aromatic heterocycles. The number of sulfonamides is 1. The molecule has 1 aliphatic heterocycles. The summed E-state index contributed by atoms with van der Waals surface area (Å²) in [4.78, 5) is 0.318. The molecule has 1 aliphatic rings. The molecule has 0 aliphatic carbocycles. The highest BCUT2D eigenvalue weighted by molar-refractivity contribution is 7.89. The molecular formula is C11H12N4O2S. The molecule has 18 heavy (non-hydrogen) atoms. The highest BCUT2D eigenvalue weighted by atomic mass is 32.2. The highest BCUT2D eigenvalue weighted by Gasteiger charge is 2.28. The van der Waals surface area contributed by atoms with Crippen molar-refractivity contribution in [2.24, 2.45) is 0 Å². The maximum atomic E-state index is 12.4. The van der Waals surface area contributed by atoms with Crippen LogP contribution in [0.1, 0.15) is 5.82 Å². The Morgan fingerprint density at radius 1 is 1.11 bits per heavy atom. The summed E-state index contributed by atoms with van der Waals surface area (Å²) in [5.74, 6) is 0.681. The molecule has 0 saturated heterocycles. The molecule has 3 rings (SSSR count). The van der Waals surface area contributed by atoms with Crippen LogP contribution in [-0.4, -0.2) is 34.0 Å². The van der Waals surface area contributed by atoms with Crippen molar-refractivity contribution in [2.75, 3.05) is 6.54 Å². The molecule has 0 atom stereocenters. The third-order valence-corrected chi connectivity index (χ3v) is 4.84. The van der Waals surface area contributed by atoms with Crippen LogP contribution in [0.2, 0.25) is 0 Å². The summed E-state index contributed by atoms with van der Waals surface area (Å²) in [5, 5.41) is 7.71. The fraction of sp³-hybridized carbons (Fsp3) is 0.273. The summed E-state index contributed by atoms with van der Waals surface area (Å²) in [6.07, 6.45) is 1.63. The van der Waals surface area contributed by atoms with Crippen LogP contribution >= 0.6 is 0 Å². The summed E-state index contributed by atoms with van der Waals surface area (Å²) in [7, 11) is -3.43. The van der Waals surface area contributed by atoms with Crippen molar-refractivity contribution in [1.29, 1.82) is 0 Å². The molecule has 0 fully saturated rings. The number of fused-ring (bicyclic) bond motifs is 1. The van der Waals surface area contributed by atoms with E-state index in [-0.39, 0.29) is 6.54 Å². The lowest BCUT2D eigenvalue weighted by Crippen LogP contribution is -2.38. The van der Waals surface area contributed by atoms with Gasteiger partial charge in [-0.1, -0.05) is 18.2 Å². The van der Waals surface area contributed by atoms with Gasteiger partial charge in [0.1, 0.15) is 12.2 Å². The van der Waals surface area contributed by atoms with E-state index >= 15 is 0 Å². The first-order valence-corrected chi connectivity index (χ1v) is 7.04. The topological polar surface area (TPSA) is 68.1 Å². The zero-order valence-electron chi connectivity index (χ0n) is 9.60. The molecule has 1 aromatic carbocycles. The summed E-state index contributed by atoms with van der Waals surface area (Å²) in [5.41, 5.74) is 0. The van der Waals surface area contributed by atoms with Crippen molar-refractivity contribution in [3.05, 3.63) is 42.5 Å². The molecule has 2 aromatic rings. The number of hydrogen-bond donors (Lipinski definition) is 0. The third kappa shape index (κ3) is 1.81. The van der Waals surface area contributed by atoms with Crippen molar-refractivity contribution in [3.63, 3.8) is 0 Å². The molecule has 94 valence electrons. The molecule has 6 nitrogen and oxygen atoms in total. The minimum Gasteiger partial charge on any atom is -0.315 e. The smallest absolute Gasteiger partial charge is 0.243 e. The first-order valence-electron chi connectivity index (χ1n) is 5.60. The van der Waals surface area contributed by atoms with Crippen molar-refractivity contribution in [1.82, 2.24) is 19.1 Å². The van der Waals surface area contributed by atoms with E-state index in [2.05, 4.69) is 10.2 Å². The van der Waals surface area contributed by atoms with Crippen LogP contribution in [0.15, 0.2) is 41.6 Å². The quantitative estimate of drug-likeness (QED) is 0.791. The van der Waals surface area contributed by atoms with Crippen molar-refractivity contribution >= 4 is 10.0 Å². The Morgan fingerprint density at radius 2 is 1.89 bits per heavy atom. The van der Waals surface area contributed by atoms with Crippen LogP contribution in [0.4, 0.5) is 0 Å². The Bertz CT molecular complexity index is 651. The molecular weight excluding hydrogens is 252 g/mol. The normalized spacial score (nSPS) is 16.4. The number of rotatable bonds is 2. The first-order chi connectivity index (χ1) is 8.68. The molecule has 7 heteroatoms. The Kier molecular flexibility index (Phi) is 2.64. The van der Waals surface area contributed by atoms with Gasteiger partial charge in [-0.15, -0.1) is 10.2 Å². The predicted octanol–water partition coefficient (Wildman–Crippen LogP) is 0.483. The molecule has 0 spiro atoms. The second kappa shape index (κ2) is 4.18. The summed E-state index contributed by atoms with van der Waals surface area (Å²) in [6.45, 7) is 1.31. The molecule has 0 unspecified atom stereocenters. The molecule has 2 heterocycles. The van der Waals surface area contributed by atoms with Crippen LogP contribution in [0.25, 0.3) is 0 Å². The van der Waals surface area contributed by atoms with Crippen LogP contribution in [0, 0.1) is 0 Å². The standard InChI is InChI=1S/C11H12N4O2S/c16-18(17,10-4-2-1-3-5-10)15-7-6-14-9-12-13-11(14)8-15/h1-5,9H,6-8H2. The van der Waals surface area contributed by atoms with E-state index in [1.165, 1.54) is 4.31 Å². The SMILES string of the molecule is O=S(=O)(c1ccccc1)N1CCn2cnnc2C1. The van der Waals surface area contributed by atoms with E-state index in [0.717, 1.165) is 0 Å². The van der Waals surface area contributed by atoms with E-state index in [1.54, 1.807) is 36.7 Å². The van der Waals surface area contributed by atoms with Crippen LogP contribution in [0.5, 0.6) is 0 Å². The number of benzene rings is 1. The van der Waals surface area contributed by atoms with Gasteiger partial charge < -0.3 is 4.57 Å². The Hall–Kier alpha value is -1.73. The maximum Gasteiger partial charge on any atom is 0.243 e. The van der Waals surface area contributed by atoms with Gasteiger partial charge in [0.2, 0.25) is 10.0 Å². The van der Waals surface area contributed by atoms with Gasteiger partial charge >= 0.3 is 0 Å². The minimum absolute atomic E-state index is 0.275. The molecule has 0 saturated carbocycles. The predicted molar refractivity (Wildman–Crippen MR) is 64.1 cm³/mol. The summed E-state index contributed by atoms with van der Waals surface area (Å²) in [6, 6.07) is 8.45. The van der Waals surface area contributed by atoms with E-state index in [4.69, 9.17) is 0 Å². The fourth-order valence-corrected chi connectivity index (χ4v) is 3.40. The van der Waals surface area contributed by atoms with Crippen molar-refractivity contribution < 1.29 is 8.42 Å². The monoisotopic (exact) mass is 264 g/mol. The zero-order valence-corrected chi connectivity index (χ0v) is 10.4. The van der Waals surface area contributed by atoms with Gasteiger partial charge in [0.25, 0.3) is 0 Å². The number of hydrogen-bond acceptors (Lipinski definition) is 4. The van der Waals surface area contributed by atoms with Crippen LogP contribution < -0.4 is 0 Å². The van der Waals surface area contributed by atoms with Gasteiger partial charge in [-0.2, -0.15) is 4.31 Å². The van der Waals surface area contributed by atoms with E-state index in [1.807, 2.05) is 4.57 Å². The zero-order chi connectivity index (χ0) is 12.6. The number of nitrogens with zero attached hydrogens (tertiary/aromatic N) is 4. The molecule has 0 N–H and O–H groups in total. The highest BCUT2D eigenvalue weighted by Crippen LogP contribution is 2.19. The van der Waals surface area contributed by atoms with Gasteiger partial charge in [-0.3, -0.25) is 0 Å². The summed E-state index contributed by atoms with van der Waals surface area (Å²) < 4.78 is 28.1. The van der Waals surface area contributed by atoms with Gasteiger partial charge in [0.05, 0.1) is 11.4 Å². The van der Waals surface area contributed by atoms with Gasteiger partial charge in [0.15, 0.2) is 0 Å². The average Bonchev–Trinajstić information content (AvgIpc) is 2.87. The van der Waals surface area contributed by atoms with Crippen LogP contribution in [0.3, 0.4) is 0 Å². The Morgan fingerprint density at radius 3 is 2.67 bits per heavy atom. The number of aromatic nitrogens is 3. The Balaban J connectivity index is 1.93. The minimum atomic E-state index is -3.43. The van der Waals surface area contributed by atoms with Crippen molar-refractivity contribution in [3.8, 4) is 0 Å². The van der Waals surface area contributed by atoms with E-state index < -0.39 is 10.0 Å².